The molecule has 1 rings (SSSR count). The molecule has 0 spiro atoms. The lowest BCUT2D eigenvalue weighted by atomic mass is 9.85. The van der Waals surface area contributed by atoms with Crippen molar-refractivity contribution in [2.24, 2.45) is 0 Å². The number of methoxy groups -OCH3 is 1. The van der Waals surface area contributed by atoms with Crippen LogP contribution < -0.4 is 0 Å². The first-order chi connectivity index (χ1) is 6.90. The van der Waals surface area contributed by atoms with Gasteiger partial charge in [0, 0.05) is 12.4 Å². The van der Waals surface area contributed by atoms with Gasteiger partial charge in [-0.15, -0.1) is 0 Å². The van der Waals surface area contributed by atoms with E-state index in [4.69, 9.17) is 4.74 Å². The summed E-state index contributed by atoms with van der Waals surface area (Å²) in [5.74, 6) is 1.19. The topological polar surface area (TPSA) is 29.5 Å². The van der Waals surface area contributed by atoms with Crippen molar-refractivity contribution in [1.82, 2.24) is 0 Å². The minimum Gasteiger partial charge on any atom is -0.389 e. The highest BCUT2D eigenvalue weighted by atomic mass is 32.2. The molecule has 3 heteroatoms. The predicted molar refractivity (Wildman–Crippen MR) is 66.4 cm³/mol. The average Bonchev–Trinajstić information content (AvgIpc) is 2.20. The van der Waals surface area contributed by atoms with Gasteiger partial charge in [-0.05, 0) is 45.3 Å². The fraction of sp³-hybridized carbons (Fsp3) is 1.00. The number of hydrogen-bond donors (Lipinski definition) is 1. The fourth-order valence-corrected chi connectivity index (χ4v) is 3.16. The van der Waals surface area contributed by atoms with Crippen molar-refractivity contribution in [3.63, 3.8) is 0 Å². The summed E-state index contributed by atoms with van der Waals surface area (Å²) >= 11 is 1.89. The maximum absolute atomic E-state index is 10.5. The largest absolute Gasteiger partial charge is 0.389 e. The third kappa shape index (κ3) is 3.65. The zero-order valence-corrected chi connectivity index (χ0v) is 11.2. The summed E-state index contributed by atoms with van der Waals surface area (Å²) in [6.07, 6.45) is 3.85. The molecule has 0 radical (unpaired) electrons. The summed E-state index contributed by atoms with van der Waals surface area (Å²) in [4.78, 5) is 0. The highest BCUT2D eigenvalue weighted by Crippen LogP contribution is 2.38. The van der Waals surface area contributed by atoms with E-state index in [9.17, 15) is 5.11 Å². The van der Waals surface area contributed by atoms with Crippen LogP contribution in [0.15, 0.2) is 0 Å². The standard InChI is InChI=1S/C12H24O2S/c1-10-12(13,6-5-9-15-10)8-7-11(2,3)14-4/h10,13H,5-9H2,1-4H3. The van der Waals surface area contributed by atoms with E-state index in [0.717, 1.165) is 25.7 Å². The zero-order valence-electron chi connectivity index (χ0n) is 10.4. The third-order valence-corrected chi connectivity index (χ3v) is 5.05. The summed E-state index contributed by atoms with van der Waals surface area (Å²) in [5.41, 5.74) is -0.587. The van der Waals surface area contributed by atoms with E-state index in [1.54, 1.807) is 7.11 Å². The van der Waals surface area contributed by atoms with Gasteiger partial charge in [-0.3, -0.25) is 0 Å². The molecule has 0 aromatic heterocycles. The maximum Gasteiger partial charge on any atom is 0.0764 e. The number of rotatable bonds is 4. The molecule has 0 amide bonds. The molecule has 1 fully saturated rings. The number of thioether (sulfide) groups is 1. The Hall–Kier alpha value is 0.270. The van der Waals surface area contributed by atoms with Gasteiger partial charge in [0.1, 0.15) is 0 Å². The van der Waals surface area contributed by atoms with Gasteiger partial charge in [0.05, 0.1) is 11.2 Å². The van der Waals surface area contributed by atoms with E-state index in [2.05, 4.69) is 20.8 Å². The van der Waals surface area contributed by atoms with Crippen molar-refractivity contribution in [2.75, 3.05) is 12.9 Å². The fourth-order valence-electron chi connectivity index (χ4n) is 1.94. The number of aliphatic hydroxyl groups is 1. The Morgan fingerprint density at radius 1 is 1.53 bits per heavy atom. The first-order valence-electron chi connectivity index (χ1n) is 5.79. The van der Waals surface area contributed by atoms with Crippen LogP contribution >= 0.6 is 11.8 Å². The number of hydrogen-bond acceptors (Lipinski definition) is 3. The Morgan fingerprint density at radius 3 is 2.73 bits per heavy atom. The summed E-state index contributed by atoms with van der Waals surface area (Å²) in [5, 5.41) is 10.9. The molecular formula is C12H24O2S. The van der Waals surface area contributed by atoms with E-state index in [0.29, 0.717) is 5.25 Å². The molecule has 0 aromatic carbocycles. The van der Waals surface area contributed by atoms with Crippen molar-refractivity contribution in [3.8, 4) is 0 Å². The van der Waals surface area contributed by atoms with Crippen molar-refractivity contribution < 1.29 is 9.84 Å². The molecular weight excluding hydrogens is 208 g/mol. The van der Waals surface area contributed by atoms with E-state index < -0.39 is 5.60 Å². The van der Waals surface area contributed by atoms with Crippen molar-refractivity contribution in [1.29, 1.82) is 0 Å². The second-order valence-corrected chi connectivity index (χ2v) is 6.63. The summed E-state index contributed by atoms with van der Waals surface area (Å²) in [6, 6.07) is 0. The maximum atomic E-state index is 10.5. The van der Waals surface area contributed by atoms with Gasteiger partial charge in [-0.25, -0.2) is 0 Å². The molecule has 2 nitrogen and oxygen atoms in total. The van der Waals surface area contributed by atoms with Crippen LogP contribution in [-0.4, -0.2) is 34.4 Å². The second-order valence-electron chi connectivity index (χ2n) is 5.18. The molecule has 1 N–H and O–H groups in total. The molecule has 1 aliphatic heterocycles. The van der Waals surface area contributed by atoms with E-state index in [-0.39, 0.29) is 5.60 Å². The lowest BCUT2D eigenvalue weighted by Crippen LogP contribution is -2.43. The Bertz CT molecular complexity index is 206. The first kappa shape index (κ1) is 13.3. The molecule has 0 aliphatic carbocycles. The molecule has 2 unspecified atom stereocenters. The van der Waals surface area contributed by atoms with Crippen LogP contribution in [0.4, 0.5) is 0 Å². The van der Waals surface area contributed by atoms with Gasteiger partial charge >= 0.3 is 0 Å². The van der Waals surface area contributed by atoms with Crippen molar-refractivity contribution in [2.45, 2.75) is 62.9 Å². The Balaban J connectivity index is 2.48. The van der Waals surface area contributed by atoms with Crippen LogP contribution in [0, 0.1) is 0 Å². The van der Waals surface area contributed by atoms with Crippen LogP contribution in [0.3, 0.4) is 0 Å². The van der Waals surface area contributed by atoms with Gasteiger partial charge in [0.2, 0.25) is 0 Å². The minimum atomic E-state index is -0.473. The lowest BCUT2D eigenvalue weighted by Gasteiger charge is -2.39. The van der Waals surface area contributed by atoms with Gasteiger partial charge < -0.3 is 9.84 Å². The molecule has 0 saturated carbocycles. The molecule has 90 valence electrons. The SMILES string of the molecule is COC(C)(C)CCC1(O)CCCSC1C. The van der Waals surface area contributed by atoms with Crippen LogP contribution in [0.25, 0.3) is 0 Å². The summed E-state index contributed by atoms with van der Waals surface area (Å²) in [7, 11) is 1.74. The summed E-state index contributed by atoms with van der Waals surface area (Å²) in [6.45, 7) is 6.30. The van der Waals surface area contributed by atoms with E-state index >= 15 is 0 Å². The van der Waals surface area contributed by atoms with Crippen LogP contribution in [0.1, 0.15) is 46.5 Å². The third-order valence-electron chi connectivity index (χ3n) is 3.59. The Labute approximate surface area is 97.8 Å². The Morgan fingerprint density at radius 2 is 2.20 bits per heavy atom. The monoisotopic (exact) mass is 232 g/mol. The predicted octanol–water partition coefficient (Wildman–Crippen LogP) is 2.84. The average molecular weight is 232 g/mol. The normalized spacial score (nSPS) is 33.0. The highest BCUT2D eigenvalue weighted by Gasteiger charge is 2.37. The lowest BCUT2D eigenvalue weighted by molar-refractivity contribution is -0.0303. The smallest absolute Gasteiger partial charge is 0.0764 e. The van der Waals surface area contributed by atoms with Gasteiger partial charge in [0.25, 0.3) is 0 Å². The summed E-state index contributed by atoms with van der Waals surface area (Å²) < 4.78 is 5.39. The van der Waals surface area contributed by atoms with Crippen molar-refractivity contribution in [3.05, 3.63) is 0 Å². The second kappa shape index (κ2) is 5.07. The molecule has 1 aliphatic rings. The highest BCUT2D eigenvalue weighted by molar-refractivity contribution is 8.00. The molecule has 1 saturated heterocycles. The molecule has 0 bridgehead atoms. The first-order valence-corrected chi connectivity index (χ1v) is 6.84. The van der Waals surface area contributed by atoms with Crippen LogP contribution in [0.2, 0.25) is 0 Å². The molecule has 2 atom stereocenters. The molecule has 15 heavy (non-hydrogen) atoms. The quantitative estimate of drug-likeness (QED) is 0.808. The van der Waals surface area contributed by atoms with Gasteiger partial charge in [-0.1, -0.05) is 6.92 Å². The zero-order chi connectivity index (χ0) is 11.5. The van der Waals surface area contributed by atoms with Crippen LogP contribution in [-0.2, 0) is 4.74 Å². The van der Waals surface area contributed by atoms with Crippen molar-refractivity contribution >= 4 is 11.8 Å². The number of ether oxygens (including phenoxy) is 1. The van der Waals surface area contributed by atoms with E-state index in [1.165, 1.54) is 5.75 Å². The van der Waals surface area contributed by atoms with Gasteiger partial charge in [-0.2, -0.15) is 11.8 Å². The Kier molecular flexibility index (Phi) is 4.50. The van der Waals surface area contributed by atoms with Crippen LogP contribution in [0.5, 0.6) is 0 Å². The minimum absolute atomic E-state index is 0.114. The molecule has 0 aromatic rings. The van der Waals surface area contributed by atoms with Gasteiger partial charge in [0.15, 0.2) is 0 Å². The van der Waals surface area contributed by atoms with E-state index in [1.807, 2.05) is 11.8 Å². The molecule has 1 heterocycles.